The molecule has 2 aromatic rings. The number of imidazole rings is 1. The van der Waals surface area contributed by atoms with E-state index >= 15 is 0 Å². The molecule has 2 fully saturated rings. The predicted molar refractivity (Wildman–Crippen MR) is 104 cm³/mol. The fourth-order valence-corrected chi connectivity index (χ4v) is 4.90. The van der Waals surface area contributed by atoms with Gasteiger partial charge in [0.15, 0.2) is 11.3 Å². The van der Waals surface area contributed by atoms with E-state index in [4.69, 9.17) is 4.74 Å². The van der Waals surface area contributed by atoms with E-state index in [1.807, 2.05) is 24.3 Å². The van der Waals surface area contributed by atoms with E-state index in [0.717, 1.165) is 37.3 Å². The van der Waals surface area contributed by atoms with Crippen LogP contribution in [0.5, 0.6) is 0 Å². The van der Waals surface area contributed by atoms with Crippen LogP contribution >= 0.6 is 0 Å². The molecule has 146 valence electrons. The topological polar surface area (TPSA) is 68.5 Å². The van der Waals surface area contributed by atoms with Gasteiger partial charge in [-0.3, -0.25) is 9.20 Å². The fourth-order valence-electron chi connectivity index (χ4n) is 4.90. The number of carbonyl (C=O) groups is 1. The molecular weight excluding hydrogens is 340 g/mol. The van der Waals surface area contributed by atoms with Crippen LogP contribution in [-0.2, 0) is 4.74 Å². The number of hydrogen-bond acceptors (Lipinski definition) is 4. The molecule has 0 unspecified atom stereocenters. The van der Waals surface area contributed by atoms with E-state index in [1.165, 1.54) is 19.3 Å². The minimum absolute atomic E-state index is 0.0951. The van der Waals surface area contributed by atoms with Gasteiger partial charge < -0.3 is 10.1 Å². The van der Waals surface area contributed by atoms with E-state index in [-0.39, 0.29) is 11.9 Å². The van der Waals surface area contributed by atoms with Gasteiger partial charge in [0.05, 0.1) is 6.10 Å². The lowest BCUT2D eigenvalue weighted by Gasteiger charge is -2.35. The number of nitrogens with one attached hydrogen (secondary N) is 1. The molecular formula is C21H30N4O2. The number of fused-ring (bicyclic) bond motifs is 3. The highest BCUT2D eigenvalue weighted by Gasteiger charge is 2.44. The summed E-state index contributed by atoms with van der Waals surface area (Å²) in [7, 11) is 0. The number of nitrogens with zero attached hydrogens (tertiary/aromatic N) is 3. The molecule has 27 heavy (non-hydrogen) atoms. The highest BCUT2D eigenvalue weighted by Crippen LogP contribution is 2.43. The Hall–Kier alpha value is -1.95. The molecule has 0 saturated heterocycles. The number of rotatable bonds is 6. The van der Waals surface area contributed by atoms with Crippen LogP contribution in [0.2, 0.25) is 0 Å². The summed E-state index contributed by atoms with van der Waals surface area (Å²) in [6.07, 6.45) is 8.85. The van der Waals surface area contributed by atoms with E-state index in [9.17, 15) is 4.79 Å². The molecule has 2 atom stereocenters. The molecule has 2 aromatic heterocycles. The summed E-state index contributed by atoms with van der Waals surface area (Å²) in [5, 5.41) is 3.29. The summed E-state index contributed by atoms with van der Waals surface area (Å²) in [6, 6.07) is 2.24. The lowest BCUT2D eigenvalue weighted by molar-refractivity contribution is -0.00121. The van der Waals surface area contributed by atoms with Crippen molar-refractivity contribution in [3.63, 3.8) is 0 Å². The number of aromatic nitrogens is 3. The Bertz CT molecular complexity index is 817. The minimum Gasteiger partial charge on any atom is -0.378 e. The average molecular weight is 370 g/mol. The number of amides is 1. The maximum atomic E-state index is 13.0. The third kappa shape index (κ3) is 3.59. The van der Waals surface area contributed by atoms with Crippen molar-refractivity contribution in [2.45, 2.75) is 71.4 Å². The molecule has 0 aromatic carbocycles. The molecule has 6 nitrogen and oxygen atoms in total. The largest absolute Gasteiger partial charge is 0.378 e. The summed E-state index contributed by atoms with van der Waals surface area (Å²) >= 11 is 0. The van der Waals surface area contributed by atoms with Gasteiger partial charge in [-0.2, -0.15) is 0 Å². The lowest BCUT2D eigenvalue weighted by Crippen LogP contribution is -2.46. The van der Waals surface area contributed by atoms with Crippen LogP contribution in [0.1, 0.15) is 67.3 Å². The molecule has 0 spiro atoms. The highest BCUT2D eigenvalue weighted by molar-refractivity contribution is 5.98. The monoisotopic (exact) mass is 370 g/mol. The summed E-state index contributed by atoms with van der Waals surface area (Å²) in [5.74, 6) is 0.941. The number of hydrogen-bond donors (Lipinski definition) is 1. The normalized spacial score (nSPS) is 27.2. The van der Waals surface area contributed by atoms with Crippen LogP contribution < -0.4 is 5.32 Å². The van der Waals surface area contributed by atoms with Gasteiger partial charge in [-0.05, 0) is 63.9 Å². The number of ether oxygens (including phenoxy) is 1. The molecule has 0 radical (unpaired) electrons. The van der Waals surface area contributed by atoms with Crippen LogP contribution in [0, 0.1) is 25.7 Å². The van der Waals surface area contributed by atoms with Crippen molar-refractivity contribution in [2.24, 2.45) is 11.8 Å². The van der Waals surface area contributed by atoms with Crippen molar-refractivity contribution in [2.75, 3.05) is 6.61 Å². The molecule has 2 aliphatic rings. The van der Waals surface area contributed by atoms with Crippen molar-refractivity contribution in [1.82, 2.24) is 19.7 Å². The van der Waals surface area contributed by atoms with Gasteiger partial charge in [-0.1, -0.05) is 13.3 Å². The maximum Gasteiger partial charge on any atom is 0.274 e. The van der Waals surface area contributed by atoms with Crippen LogP contribution in [0.3, 0.4) is 0 Å². The Morgan fingerprint density at radius 2 is 2.04 bits per heavy atom. The summed E-state index contributed by atoms with van der Waals surface area (Å²) in [4.78, 5) is 21.9. The average Bonchev–Trinajstić information content (AvgIpc) is 3.14. The van der Waals surface area contributed by atoms with Crippen LogP contribution in [0.25, 0.3) is 5.65 Å². The van der Waals surface area contributed by atoms with E-state index in [2.05, 4.69) is 22.2 Å². The molecule has 1 N–H and O–H groups in total. The molecule has 1 amide bonds. The summed E-state index contributed by atoms with van der Waals surface area (Å²) < 4.78 is 7.96. The number of carbonyl (C=O) groups excluding carboxylic acids is 1. The SMILES string of the molecule is CCCCOC1C[C@H]2CC[C@H](C1)C2NC(=O)c1ncn2c(C)cc(C)nc12. The minimum atomic E-state index is -0.0951. The standard InChI is InChI=1S/C21H30N4O2/c1-4-5-8-27-17-10-15-6-7-16(11-17)18(15)24-21(26)19-20-23-13(2)9-14(3)25(20)12-22-19/h9,12,15-18H,4-8,10-11H2,1-3H3,(H,24,26)/t15-,16-,17?,18?/m1/s1. The van der Waals surface area contributed by atoms with Gasteiger partial charge >= 0.3 is 0 Å². The van der Waals surface area contributed by atoms with Crippen molar-refractivity contribution in [3.05, 3.63) is 29.5 Å². The zero-order valence-corrected chi connectivity index (χ0v) is 16.6. The predicted octanol–water partition coefficient (Wildman–Crippen LogP) is 3.45. The quantitative estimate of drug-likeness (QED) is 0.791. The van der Waals surface area contributed by atoms with Crippen molar-refractivity contribution < 1.29 is 9.53 Å². The van der Waals surface area contributed by atoms with Gasteiger partial charge in [0.1, 0.15) is 6.33 Å². The lowest BCUT2D eigenvalue weighted by atomic mass is 9.82. The third-order valence-corrected chi connectivity index (χ3v) is 6.24. The molecule has 2 saturated carbocycles. The van der Waals surface area contributed by atoms with Crippen LogP contribution in [0.4, 0.5) is 0 Å². The van der Waals surface area contributed by atoms with Gasteiger partial charge in [0.2, 0.25) is 0 Å². The zero-order chi connectivity index (χ0) is 19.0. The second-order valence-electron chi connectivity index (χ2n) is 8.24. The molecule has 6 heteroatoms. The Morgan fingerprint density at radius 3 is 2.74 bits per heavy atom. The molecule has 2 bridgehead atoms. The summed E-state index contributed by atoms with van der Waals surface area (Å²) in [6.45, 7) is 7.01. The van der Waals surface area contributed by atoms with Crippen LogP contribution in [-0.4, -0.2) is 39.0 Å². The Morgan fingerprint density at radius 1 is 1.30 bits per heavy atom. The maximum absolute atomic E-state index is 13.0. The summed E-state index contributed by atoms with van der Waals surface area (Å²) in [5.41, 5.74) is 3.02. The first-order chi connectivity index (χ1) is 13.1. The van der Waals surface area contributed by atoms with Gasteiger partial charge in [0.25, 0.3) is 5.91 Å². The van der Waals surface area contributed by atoms with E-state index in [0.29, 0.717) is 29.3 Å². The first-order valence-electron chi connectivity index (χ1n) is 10.3. The second kappa shape index (κ2) is 7.58. The number of aryl methyl sites for hydroxylation is 2. The first kappa shape index (κ1) is 18.4. The van der Waals surface area contributed by atoms with Gasteiger partial charge in [-0.15, -0.1) is 0 Å². The Kier molecular flexibility index (Phi) is 5.17. The van der Waals surface area contributed by atoms with Gasteiger partial charge in [-0.25, -0.2) is 9.97 Å². The third-order valence-electron chi connectivity index (χ3n) is 6.24. The van der Waals surface area contributed by atoms with Gasteiger partial charge in [0, 0.05) is 24.0 Å². The van der Waals surface area contributed by atoms with Crippen molar-refractivity contribution >= 4 is 11.6 Å². The Labute approximate surface area is 160 Å². The molecule has 4 rings (SSSR count). The highest BCUT2D eigenvalue weighted by atomic mass is 16.5. The zero-order valence-electron chi connectivity index (χ0n) is 16.6. The molecule has 0 aliphatic heterocycles. The molecule has 2 aliphatic carbocycles. The second-order valence-corrected chi connectivity index (χ2v) is 8.24. The Balaban J connectivity index is 1.45. The molecule has 2 heterocycles. The van der Waals surface area contributed by atoms with Crippen LogP contribution in [0.15, 0.2) is 12.4 Å². The van der Waals surface area contributed by atoms with Crippen molar-refractivity contribution in [1.29, 1.82) is 0 Å². The van der Waals surface area contributed by atoms with E-state index in [1.54, 1.807) is 6.33 Å². The van der Waals surface area contributed by atoms with E-state index < -0.39 is 0 Å². The fraction of sp³-hybridized carbons (Fsp3) is 0.667. The first-order valence-corrected chi connectivity index (χ1v) is 10.3. The number of unbranched alkanes of at least 4 members (excludes halogenated alkanes) is 1. The van der Waals surface area contributed by atoms with Crippen molar-refractivity contribution in [3.8, 4) is 0 Å². The smallest absolute Gasteiger partial charge is 0.274 e.